The molecule has 2 aliphatic heterocycles. The van der Waals surface area contributed by atoms with Gasteiger partial charge in [-0.25, -0.2) is 0 Å². The number of hydrogen-bond acceptors (Lipinski definition) is 7. The second-order valence-corrected chi connectivity index (χ2v) is 6.73. The number of phenols is 1. The number of phenolic OH excluding ortho intramolecular Hbond substituents is 1. The minimum atomic E-state index is -0.0938. The van der Waals surface area contributed by atoms with E-state index in [1.54, 1.807) is 31.4 Å². The van der Waals surface area contributed by atoms with Crippen LogP contribution in [0.1, 0.15) is 29.2 Å². The van der Waals surface area contributed by atoms with Crippen molar-refractivity contribution >= 4 is 5.71 Å². The van der Waals surface area contributed by atoms with Crippen LogP contribution in [0.3, 0.4) is 0 Å². The maximum Gasteiger partial charge on any atom is 0.231 e. The van der Waals surface area contributed by atoms with E-state index in [-0.39, 0.29) is 18.6 Å². The van der Waals surface area contributed by atoms with Crippen molar-refractivity contribution < 1.29 is 24.5 Å². The molecule has 2 aliphatic rings. The number of methoxy groups -OCH3 is 1. The molecule has 0 radical (unpaired) electrons. The minimum absolute atomic E-state index is 0.0848. The molecule has 142 valence electrons. The Morgan fingerprint density at radius 1 is 1.33 bits per heavy atom. The summed E-state index contributed by atoms with van der Waals surface area (Å²) in [7, 11) is 3.64. The molecule has 0 unspecified atom stereocenters. The van der Waals surface area contributed by atoms with E-state index in [2.05, 4.69) is 10.1 Å². The first-order valence-electron chi connectivity index (χ1n) is 8.83. The summed E-state index contributed by atoms with van der Waals surface area (Å²) in [5, 5.41) is 23.3. The molecule has 1 atom stereocenters. The summed E-state index contributed by atoms with van der Waals surface area (Å²) in [6, 6.07) is 8.78. The molecule has 0 saturated heterocycles. The summed E-state index contributed by atoms with van der Waals surface area (Å²) in [5.41, 5.74) is 3.07. The highest BCUT2D eigenvalue weighted by molar-refractivity contribution is 6.02. The number of nitrogens with zero attached hydrogens (tertiary/aromatic N) is 2. The molecule has 2 heterocycles. The van der Waals surface area contributed by atoms with E-state index >= 15 is 0 Å². The lowest BCUT2D eigenvalue weighted by molar-refractivity contribution is 0.170. The van der Waals surface area contributed by atoms with Gasteiger partial charge in [0.1, 0.15) is 5.75 Å². The maximum absolute atomic E-state index is 10.2. The molecule has 0 fully saturated rings. The molecule has 2 N–H and O–H groups in total. The number of ether oxygens (including phenoxy) is 3. The van der Waals surface area contributed by atoms with Crippen LogP contribution in [0.15, 0.2) is 35.5 Å². The Hall–Kier alpha value is -2.93. The van der Waals surface area contributed by atoms with E-state index in [0.717, 1.165) is 24.1 Å². The van der Waals surface area contributed by atoms with Gasteiger partial charge >= 0.3 is 0 Å². The van der Waals surface area contributed by atoms with Gasteiger partial charge in [0.15, 0.2) is 11.5 Å². The predicted octanol–water partition coefficient (Wildman–Crippen LogP) is 2.93. The average Bonchev–Trinajstić information content (AvgIpc) is 3.15. The summed E-state index contributed by atoms with van der Waals surface area (Å²) >= 11 is 0. The van der Waals surface area contributed by atoms with Gasteiger partial charge in [0.25, 0.3) is 0 Å². The Kier molecular flexibility index (Phi) is 4.53. The first-order valence-corrected chi connectivity index (χ1v) is 8.83. The third-order valence-electron chi connectivity index (χ3n) is 5.27. The van der Waals surface area contributed by atoms with Gasteiger partial charge in [-0.15, -0.1) is 0 Å². The normalized spacial score (nSPS) is 19.0. The Morgan fingerprint density at radius 3 is 2.89 bits per heavy atom. The van der Waals surface area contributed by atoms with Crippen molar-refractivity contribution in [3.05, 3.63) is 47.0 Å². The lowest BCUT2D eigenvalue weighted by atomic mass is 9.87. The van der Waals surface area contributed by atoms with Crippen LogP contribution < -0.4 is 14.2 Å². The van der Waals surface area contributed by atoms with Gasteiger partial charge in [0.05, 0.1) is 12.8 Å². The third kappa shape index (κ3) is 2.94. The predicted molar refractivity (Wildman–Crippen MR) is 99.2 cm³/mol. The second kappa shape index (κ2) is 7.00. The van der Waals surface area contributed by atoms with Crippen molar-refractivity contribution in [2.24, 2.45) is 5.16 Å². The standard InChI is InChI=1S/C20H22N2O5/c1-22-8-7-12-9-17-19(27-11-26-17)20(25-2)18(12)15(22)10-14(21-24)13-5-3-4-6-16(13)23/h3-6,9,15,23-24H,7-8,10-11H2,1-2H3/b21-14-/t15-/m1/s1. The number of aromatic hydroxyl groups is 1. The van der Waals surface area contributed by atoms with Crippen LogP contribution in [0, 0.1) is 0 Å². The fourth-order valence-corrected chi connectivity index (χ4v) is 3.89. The molecule has 0 amide bonds. The van der Waals surface area contributed by atoms with Gasteiger partial charge in [-0.05, 0) is 37.2 Å². The quantitative estimate of drug-likeness (QED) is 0.489. The zero-order valence-electron chi connectivity index (χ0n) is 15.3. The van der Waals surface area contributed by atoms with Gasteiger partial charge in [0, 0.05) is 30.1 Å². The monoisotopic (exact) mass is 370 g/mol. The fraction of sp³-hybridized carbons (Fsp3) is 0.350. The molecule has 0 bridgehead atoms. The number of rotatable bonds is 4. The van der Waals surface area contributed by atoms with E-state index in [1.807, 2.05) is 13.1 Å². The molecule has 2 aromatic rings. The lowest BCUT2D eigenvalue weighted by Gasteiger charge is -2.36. The summed E-state index contributed by atoms with van der Waals surface area (Å²) in [4.78, 5) is 2.19. The minimum Gasteiger partial charge on any atom is -0.507 e. The van der Waals surface area contributed by atoms with Crippen LogP contribution in [0.25, 0.3) is 0 Å². The fourth-order valence-electron chi connectivity index (χ4n) is 3.89. The summed E-state index contributed by atoms with van der Waals surface area (Å²) in [6.45, 7) is 1.02. The van der Waals surface area contributed by atoms with Crippen LogP contribution in [-0.2, 0) is 6.42 Å². The summed E-state index contributed by atoms with van der Waals surface area (Å²) in [5.74, 6) is 2.06. The van der Waals surface area contributed by atoms with Crippen molar-refractivity contribution in [2.45, 2.75) is 18.9 Å². The second-order valence-electron chi connectivity index (χ2n) is 6.73. The maximum atomic E-state index is 10.2. The van der Waals surface area contributed by atoms with E-state index in [1.165, 1.54) is 0 Å². The zero-order chi connectivity index (χ0) is 19.0. The molecule has 27 heavy (non-hydrogen) atoms. The SMILES string of the molecule is COc1c2c(cc3c1[C@@H](C/C(=N/O)c1ccccc1O)N(C)CC3)OCO2. The van der Waals surface area contributed by atoms with Crippen LogP contribution in [0.4, 0.5) is 0 Å². The van der Waals surface area contributed by atoms with Gasteiger partial charge in [-0.3, -0.25) is 4.90 Å². The number of oxime groups is 1. The smallest absolute Gasteiger partial charge is 0.231 e. The molecule has 0 saturated carbocycles. The number of hydrogen-bond donors (Lipinski definition) is 2. The van der Waals surface area contributed by atoms with E-state index in [9.17, 15) is 10.3 Å². The summed E-state index contributed by atoms with van der Waals surface area (Å²) < 4.78 is 16.9. The van der Waals surface area contributed by atoms with Crippen molar-refractivity contribution in [1.82, 2.24) is 4.90 Å². The topological polar surface area (TPSA) is 83.8 Å². The highest BCUT2D eigenvalue weighted by atomic mass is 16.7. The van der Waals surface area contributed by atoms with Crippen LogP contribution in [0.5, 0.6) is 23.0 Å². The van der Waals surface area contributed by atoms with E-state index in [4.69, 9.17) is 14.2 Å². The van der Waals surface area contributed by atoms with E-state index in [0.29, 0.717) is 34.9 Å². The highest BCUT2D eigenvalue weighted by Crippen LogP contribution is 2.50. The number of likely N-dealkylation sites (N-methyl/N-ethyl adjacent to an activating group) is 1. The number of fused-ring (bicyclic) bond motifs is 2. The van der Waals surface area contributed by atoms with E-state index < -0.39 is 0 Å². The Balaban J connectivity index is 1.78. The molecule has 0 aromatic heterocycles. The Labute approximate surface area is 157 Å². The van der Waals surface area contributed by atoms with Gasteiger partial charge in [-0.2, -0.15) is 0 Å². The van der Waals surface area contributed by atoms with Gasteiger partial charge < -0.3 is 24.5 Å². The number of benzene rings is 2. The van der Waals surface area contributed by atoms with Crippen molar-refractivity contribution in [3.8, 4) is 23.0 Å². The van der Waals surface area contributed by atoms with Crippen LogP contribution in [0.2, 0.25) is 0 Å². The highest BCUT2D eigenvalue weighted by Gasteiger charge is 2.35. The van der Waals surface area contributed by atoms with Crippen LogP contribution in [-0.4, -0.2) is 48.4 Å². The lowest BCUT2D eigenvalue weighted by Crippen LogP contribution is -2.34. The molecule has 2 aromatic carbocycles. The van der Waals surface area contributed by atoms with Crippen molar-refractivity contribution in [1.29, 1.82) is 0 Å². The van der Waals surface area contributed by atoms with Crippen LogP contribution >= 0.6 is 0 Å². The zero-order valence-corrected chi connectivity index (χ0v) is 15.3. The largest absolute Gasteiger partial charge is 0.507 e. The van der Waals surface area contributed by atoms with Gasteiger partial charge in [-0.1, -0.05) is 17.3 Å². The molecule has 4 rings (SSSR count). The first-order chi connectivity index (χ1) is 13.1. The van der Waals surface area contributed by atoms with Crippen molar-refractivity contribution in [3.63, 3.8) is 0 Å². The molecule has 0 aliphatic carbocycles. The molecule has 7 heteroatoms. The van der Waals surface area contributed by atoms with Crippen molar-refractivity contribution in [2.75, 3.05) is 27.5 Å². The number of para-hydroxylation sites is 1. The molecular weight excluding hydrogens is 348 g/mol. The Morgan fingerprint density at radius 2 is 2.15 bits per heavy atom. The third-order valence-corrected chi connectivity index (χ3v) is 5.27. The first kappa shape index (κ1) is 17.5. The van der Waals surface area contributed by atoms with Gasteiger partial charge in [0.2, 0.25) is 12.5 Å². The summed E-state index contributed by atoms with van der Waals surface area (Å²) in [6.07, 6.45) is 1.27. The molecular formula is C20H22N2O5. The average molecular weight is 370 g/mol. The molecule has 7 nitrogen and oxygen atoms in total. The Bertz CT molecular complexity index is 896. The molecule has 0 spiro atoms.